The van der Waals surface area contributed by atoms with Crippen molar-refractivity contribution in [2.45, 2.75) is 50.9 Å². The van der Waals surface area contributed by atoms with Gasteiger partial charge in [0.1, 0.15) is 12.2 Å². The summed E-state index contributed by atoms with van der Waals surface area (Å²) in [5.74, 6) is -1.71. The van der Waals surface area contributed by atoms with Crippen LogP contribution in [-0.4, -0.2) is 34.9 Å². The molecule has 2 saturated carbocycles. The van der Waals surface area contributed by atoms with Gasteiger partial charge in [-0.15, -0.1) is 0 Å². The van der Waals surface area contributed by atoms with E-state index < -0.39 is 29.7 Å². The Morgan fingerprint density at radius 3 is 2.67 bits per heavy atom. The molecule has 0 bridgehead atoms. The van der Waals surface area contributed by atoms with Gasteiger partial charge in [0.25, 0.3) is 0 Å². The second kappa shape index (κ2) is 5.59. The first-order valence-electron chi connectivity index (χ1n) is 8.36. The Morgan fingerprint density at radius 1 is 1.38 bits per heavy atom. The lowest BCUT2D eigenvalue weighted by molar-refractivity contribution is -0.151. The summed E-state index contributed by atoms with van der Waals surface area (Å²) < 4.78 is 11.0. The summed E-state index contributed by atoms with van der Waals surface area (Å²) in [6.07, 6.45) is 0.321. The molecule has 1 aliphatic heterocycles. The summed E-state index contributed by atoms with van der Waals surface area (Å²) >= 11 is 0. The molecule has 1 N–H and O–H groups in total. The predicted molar refractivity (Wildman–Crippen MR) is 87.8 cm³/mol. The Bertz CT molecular complexity index is 646. The Morgan fingerprint density at radius 2 is 2.04 bits per heavy atom. The zero-order chi connectivity index (χ0) is 17.8. The summed E-state index contributed by atoms with van der Waals surface area (Å²) in [5.41, 5.74) is 0.429. The average molecular weight is 332 g/mol. The molecule has 2 aliphatic carbocycles. The van der Waals surface area contributed by atoms with E-state index in [4.69, 9.17) is 9.47 Å². The fourth-order valence-corrected chi connectivity index (χ4v) is 4.10. The van der Waals surface area contributed by atoms with Crippen LogP contribution in [0.15, 0.2) is 36.5 Å². The van der Waals surface area contributed by atoms with Crippen molar-refractivity contribution < 1.29 is 24.2 Å². The third kappa shape index (κ3) is 2.34. The fourth-order valence-electron chi connectivity index (χ4n) is 4.10. The fraction of sp³-hybridized carbons (Fsp3) is 0.579. The van der Waals surface area contributed by atoms with Crippen LogP contribution in [0.2, 0.25) is 0 Å². The van der Waals surface area contributed by atoms with Crippen LogP contribution in [0.3, 0.4) is 0 Å². The highest BCUT2D eigenvalue weighted by Gasteiger charge is 2.60. The summed E-state index contributed by atoms with van der Waals surface area (Å²) in [6, 6.07) is 0. The second-order valence-corrected chi connectivity index (χ2v) is 7.41. The van der Waals surface area contributed by atoms with Crippen molar-refractivity contribution in [1.82, 2.24) is 0 Å². The zero-order valence-electron chi connectivity index (χ0n) is 14.2. The molecule has 0 aromatic carbocycles. The average Bonchev–Trinajstić information content (AvgIpc) is 2.88. The van der Waals surface area contributed by atoms with Gasteiger partial charge in [0, 0.05) is 17.9 Å². The van der Waals surface area contributed by atoms with Gasteiger partial charge in [-0.1, -0.05) is 33.6 Å². The van der Waals surface area contributed by atoms with Crippen LogP contribution in [0.5, 0.6) is 0 Å². The third-order valence-electron chi connectivity index (χ3n) is 5.60. The maximum atomic E-state index is 12.0. The molecule has 5 atom stereocenters. The largest absolute Gasteiger partial charge is 0.458 e. The van der Waals surface area contributed by atoms with Gasteiger partial charge in [-0.3, -0.25) is 4.79 Å². The summed E-state index contributed by atoms with van der Waals surface area (Å²) in [5, 5.41) is 11.3. The number of esters is 2. The minimum absolute atomic E-state index is 0.162. The van der Waals surface area contributed by atoms with Crippen molar-refractivity contribution in [3.63, 3.8) is 0 Å². The second-order valence-electron chi connectivity index (χ2n) is 7.41. The minimum atomic E-state index is -1.27. The van der Waals surface area contributed by atoms with Crippen LogP contribution in [0.25, 0.3) is 0 Å². The molecule has 0 radical (unpaired) electrons. The molecule has 0 aromatic heterocycles. The van der Waals surface area contributed by atoms with E-state index in [1.165, 1.54) is 0 Å². The summed E-state index contributed by atoms with van der Waals surface area (Å²) in [4.78, 5) is 23.9. The smallest absolute Gasteiger partial charge is 0.334 e. The molecule has 24 heavy (non-hydrogen) atoms. The zero-order valence-corrected chi connectivity index (χ0v) is 14.2. The number of aliphatic hydroxyl groups is 1. The van der Waals surface area contributed by atoms with E-state index in [1.54, 1.807) is 13.8 Å². The molecule has 3 aliphatic rings. The van der Waals surface area contributed by atoms with E-state index >= 15 is 0 Å². The standard InChI is InChI=1S/C19H24O5/c1-9(2)17(20)23-14-8-19(22)10(3)6-7-13-11(4)18(21)24-16(13)15(19)12(14)5/h9,13-16,22H,3-8H2,1-2H3. The molecule has 0 amide bonds. The van der Waals surface area contributed by atoms with E-state index in [0.717, 1.165) is 0 Å². The minimum Gasteiger partial charge on any atom is -0.458 e. The Labute approximate surface area is 142 Å². The molecule has 1 saturated heterocycles. The third-order valence-corrected chi connectivity index (χ3v) is 5.60. The molecule has 1 heterocycles. The normalized spacial score (nSPS) is 38.7. The van der Waals surface area contributed by atoms with Crippen LogP contribution in [0.4, 0.5) is 0 Å². The van der Waals surface area contributed by atoms with Crippen molar-refractivity contribution in [2.75, 3.05) is 0 Å². The number of ether oxygens (including phenoxy) is 2. The van der Waals surface area contributed by atoms with Crippen LogP contribution < -0.4 is 0 Å². The highest BCUT2D eigenvalue weighted by Crippen LogP contribution is 2.54. The maximum Gasteiger partial charge on any atom is 0.334 e. The molecule has 5 heteroatoms. The molecular weight excluding hydrogens is 308 g/mol. The van der Waals surface area contributed by atoms with Gasteiger partial charge in [-0.2, -0.15) is 0 Å². The van der Waals surface area contributed by atoms with Crippen LogP contribution >= 0.6 is 0 Å². The highest BCUT2D eigenvalue weighted by atomic mass is 16.6. The number of fused-ring (bicyclic) bond motifs is 3. The Hall–Kier alpha value is -1.88. The molecule has 3 fully saturated rings. The predicted octanol–water partition coefficient (Wildman–Crippen LogP) is 2.31. The van der Waals surface area contributed by atoms with Gasteiger partial charge in [-0.05, 0) is 24.0 Å². The highest BCUT2D eigenvalue weighted by molar-refractivity contribution is 5.91. The maximum absolute atomic E-state index is 12.0. The van der Waals surface area contributed by atoms with E-state index in [0.29, 0.717) is 29.6 Å². The lowest BCUT2D eigenvalue weighted by Gasteiger charge is -2.33. The van der Waals surface area contributed by atoms with Gasteiger partial charge < -0.3 is 14.6 Å². The molecule has 130 valence electrons. The molecule has 0 spiro atoms. The van der Waals surface area contributed by atoms with Crippen LogP contribution in [0.1, 0.15) is 33.1 Å². The lowest BCUT2D eigenvalue weighted by Crippen LogP contribution is -2.42. The van der Waals surface area contributed by atoms with Crippen molar-refractivity contribution in [3.05, 3.63) is 36.5 Å². The number of rotatable bonds is 2. The van der Waals surface area contributed by atoms with Crippen molar-refractivity contribution in [3.8, 4) is 0 Å². The molecular formula is C19H24O5. The van der Waals surface area contributed by atoms with E-state index in [1.807, 2.05) is 0 Å². The van der Waals surface area contributed by atoms with Crippen molar-refractivity contribution in [1.29, 1.82) is 0 Å². The topological polar surface area (TPSA) is 72.8 Å². The monoisotopic (exact) mass is 332 g/mol. The van der Waals surface area contributed by atoms with Crippen LogP contribution in [0, 0.1) is 17.8 Å². The first-order valence-corrected chi connectivity index (χ1v) is 8.36. The number of hydrogen-bond acceptors (Lipinski definition) is 5. The number of hydrogen-bond donors (Lipinski definition) is 1. The first-order chi connectivity index (χ1) is 11.2. The van der Waals surface area contributed by atoms with Gasteiger partial charge >= 0.3 is 11.9 Å². The van der Waals surface area contributed by atoms with Gasteiger partial charge in [-0.25, -0.2) is 4.79 Å². The summed E-state index contributed by atoms with van der Waals surface area (Å²) in [7, 11) is 0. The van der Waals surface area contributed by atoms with E-state index in [-0.39, 0.29) is 24.2 Å². The van der Waals surface area contributed by atoms with Crippen LogP contribution in [-0.2, 0) is 19.1 Å². The summed E-state index contributed by atoms with van der Waals surface area (Å²) in [6.45, 7) is 15.5. The number of carbonyl (C=O) groups excluding carboxylic acids is 2. The van der Waals surface area contributed by atoms with E-state index in [9.17, 15) is 14.7 Å². The molecule has 3 rings (SSSR count). The number of carbonyl (C=O) groups is 2. The van der Waals surface area contributed by atoms with E-state index in [2.05, 4.69) is 19.7 Å². The first kappa shape index (κ1) is 17.0. The van der Waals surface area contributed by atoms with Crippen molar-refractivity contribution >= 4 is 11.9 Å². The van der Waals surface area contributed by atoms with Crippen molar-refractivity contribution in [2.24, 2.45) is 17.8 Å². The van der Waals surface area contributed by atoms with Gasteiger partial charge in [0.15, 0.2) is 0 Å². The quantitative estimate of drug-likeness (QED) is 0.477. The van der Waals surface area contributed by atoms with Gasteiger partial charge in [0.2, 0.25) is 0 Å². The SMILES string of the molecule is C=C1C(=O)OC2C1CCC(=C)C1(O)CC(OC(=O)C(C)C)C(=C)C21. The molecule has 5 unspecified atom stereocenters. The molecule has 5 nitrogen and oxygen atoms in total. The Kier molecular flexibility index (Phi) is 3.95. The van der Waals surface area contributed by atoms with Gasteiger partial charge in [0.05, 0.1) is 17.4 Å². The lowest BCUT2D eigenvalue weighted by atomic mass is 9.78. The Balaban J connectivity index is 1.95. The molecule has 0 aromatic rings.